The minimum Gasteiger partial charge on any atom is -0.464 e. The summed E-state index contributed by atoms with van der Waals surface area (Å²) in [5, 5.41) is 9.82. The molecule has 0 radical (unpaired) electrons. The van der Waals surface area contributed by atoms with Gasteiger partial charge in [0, 0.05) is 18.0 Å². The molecular weight excluding hydrogens is 214 g/mol. The Labute approximate surface area is 94.3 Å². The second-order valence-corrected chi connectivity index (χ2v) is 3.34. The third kappa shape index (κ3) is 2.50. The van der Waals surface area contributed by atoms with Gasteiger partial charge in [-0.3, -0.25) is 0 Å². The van der Waals surface area contributed by atoms with Gasteiger partial charge in [-0.25, -0.2) is 0 Å². The van der Waals surface area contributed by atoms with Gasteiger partial charge in [0.1, 0.15) is 5.58 Å². The molecule has 15 heavy (non-hydrogen) atoms. The maximum absolute atomic E-state index is 8.77. The van der Waals surface area contributed by atoms with Crippen LogP contribution in [-0.2, 0) is 0 Å². The molecule has 2 aromatic rings. The first-order valence-electron chi connectivity index (χ1n) is 4.65. The third-order valence-electron chi connectivity index (χ3n) is 2.34. The highest BCUT2D eigenvalue weighted by Crippen LogP contribution is 2.21. The zero-order chi connectivity index (χ0) is 9.97. The Morgan fingerprint density at radius 3 is 2.87 bits per heavy atom. The molecule has 1 atom stereocenters. The Balaban J connectivity index is 0.00000112. The monoisotopic (exact) mass is 227 g/mol. The summed E-state index contributed by atoms with van der Waals surface area (Å²) in [6.45, 7) is 0.116. The molecule has 0 aliphatic rings. The number of nitrogens with two attached hydrogens (primary N) is 1. The Bertz CT molecular complexity index is 427. The van der Waals surface area contributed by atoms with E-state index < -0.39 is 0 Å². The lowest BCUT2D eigenvalue weighted by Gasteiger charge is -2.09. The van der Waals surface area contributed by atoms with E-state index in [-0.39, 0.29) is 25.1 Å². The molecular formula is C11H14ClNO2. The third-order valence-corrected chi connectivity index (χ3v) is 2.34. The van der Waals surface area contributed by atoms with Gasteiger partial charge in [-0.1, -0.05) is 6.07 Å². The lowest BCUT2D eigenvalue weighted by Crippen LogP contribution is -2.11. The summed E-state index contributed by atoms with van der Waals surface area (Å²) in [4.78, 5) is 0. The Kier molecular flexibility index (Phi) is 4.15. The van der Waals surface area contributed by atoms with E-state index in [1.165, 1.54) is 0 Å². The fraction of sp³-hybridized carbons (Fsp3) is 0.273. The largest absolute Gasteiger partial charge is 0.464 e. The number of benzene rings is 1. The molecule has 3 N–H and O–H groups in total. The van der Waals surface area contributed by atoms with Crippen molar-refractivity contribution in [3.63, 3.8) is 0 Å². The van der Waals surface area contributed by atoms with Crippen molar-refractivity contribution in [1.82, 2.24) is 0 Å². The van der Waals surface area contributed by atoms with Gasteiger partial charge in [-0.15, -0.1) is 12.4 Å². The first-order chi connectivity index (χ1) is 6.81. The number of rotatable bonds is 3. The molecule has 0 aliphatic heterocycles. The highest BCUT2D eigenvalue weighted by Gasteiger charge is 2.06. The van der Waals surface area contributed by atoms with E-state index in [0.29, 0.717) is 6.42 Å². The van der Waals surface area contributed by atoms with Gasteiger partial charge in [-0.2, -0.15) is 0 Å². The van der Waals surface area contributed by atoms with Crippen molar-refractivity contribution in [3.05, 3.63) is 36.1 Å². The minimum absolute atomic E-state index is 0. The first kappa shape index (κ1) is 12.0. The van der Waals surface area contributed by atoms with Crippen LogP contribution < -0.4 is 5.73 Å². The van der Waals surface area contributed by atoms with Crippen LogP contribution in [0.4, 0.5) is 0 Å². The molecule has 2 rings (SSSR count). The van der Waals surface area contributed by atoms with Crippen LogP contribution in [0.5, 0.6) is 0 Å². The molecule has 0 aliphatic carbocycles. The van der Waals surface area contributed by atoms with Crippen LogP contribution in [-0.4, -0.2) is 11.7 Å². The lowest BCUT2D eigenvalue weighted by molar-refractivity contribution is 0.276. The molecule has 3 nitrogen and oxygen atoms in total. The SMILES string of the molecule is Cl.NC(CCO)c1ccc2occc2c1. The first-order valence-corrected chi connectivity index (χ1v) is 4.65. The number of fused-ring (bicyclic) bond motifs is 1. The highest BCUT2D eigenvalue weighted by atomic mass is 35.5. The molecule has 1 unspecified atom stereocenters. The normalized spacial score (nSPS) is 12.4. The molecule has 82 valence electrons. The number of furan rings is 1. The van der Waals surface area contributed by atoms with Gasteiger partial charge in [0.15, 0.2) is 0 Å². The molecule has 0 amide bonds. The van der Waals surface area contributed by atoms with E-state index in [0.717, 1.165) is 16.5 Å². The molecule has 0 saturated carbocycles. The average Bonchev–Trinajstić information content (AvgIpc) is 2.64. The molecule has 1 aromatic carbocycles. The van der Waals surface area contributed by atoms with Gasteiger partial charge >= 0.3 is 0 Å². The van der Waals surface area contributed by atoms with Gasteiger partial charge in [0.2, 0.25) is 0 Å². The Morgan fingerprint density at radius 1 is 1.33 bits per heavy atom. The number of hydrogen-bond acceptors (Lipinski definition) is 3. The van der Waals surface area contributed by atoms with Crippen molar-refractivity contribution in [2.75, 3.05) is 6.61 Å². The predicted octanol–water partition coefficient (Wildman–Crippen LogP) is 2.24. The lowest BCUT2D eigenvalue weighted by atomic mass is 10.0. The van der Waals surface area contributed by atoms with Crippen molar-refractivity contribution in [2.24, 2.45) is 5.73 Å². The van der Waals surface area contributed by atoms with E-state index in [1.54, 1.807) is 6.26 Å². The summed E-state index contributed by atoms with van der Waals surface area (Å²) >= 11 is 0. The topological polar surface area (TPSA) is 59.4 Å². The molecule has 4 heteroatoms. The van der Waals surface area contributed by atoms with Crippen LogP contribution in [0.25, 0.3) is 11.0 Å². The van der Waals surface area contributed by atoms with Crippen molar-refractivity contribution in [3.8, 4) is 0 Å². The molecule has 1 aromatic heterocycles. The zero-order valence-corrected chi connectivity index (χ0v) is 9.04. The molecule has 0 spiro atoms. The van der Waals surface area contributed by atoms with Gasteiger partial charge in [-0.05, 0) is 30.2 Å². The summed E-state index contributed by atoms with van der Waals surface area (Å²) in [5.74, 6) is 0. The van der Waals surface area contributed by atoms with Crippen molar-refractivity contribution >= 4 is 23.4 Å². The fourth-order valence-corrected chi connectivity index (χ4v) is 1.52. The Hall–Kier alpha value is -1.03. The fourth-order valence-electron chi connectivity index (χ4n) is 1.52. The summed E-state index contributed by atoms with van der Waals surface area (Å²) in [7, 11) is 0. The van der Waals surface area contributed by atoms with Crippen LogP contribution in [0, 0.1) is 0 Å². The molecule has 1 heterocycles. The number of halogens is 1. The number of aliphatic hydroxyl groups excluding tert-OH is 1. The van der Waals surface area contributed by atoms with E-state index in [2.05, 4.69) is 0 Å². The maximum atomic E-state index is 8.77. The van der Waals surface area contributed by atoms with Gasteiger partial charge in [0.25, 0.3) is 0 Å². The highest BCUT2D eigenvalue weighted by molar-refractivity contribution is 5.85. The molecule has 0 bridgehead atoms. The number of hydrogen-bond donors (Lipinski definition) is 2. The average molecular weight is 228 g/mol. The predicted molar refractivity (Wildman–Crippen MR) is 62.1 cm³/mol. The molecule has 0 saturated heterocycles. The van der Waals surface area contributed by atoms with Crippen LogP contribution in [0.1, 0.15) is 18.0 Å². The van der Waals surface area contributed by atoms with Crippen LogP contribution >= 0.6 is 12.4 Å². The second-order valence-electron chi connectivity index (χ2n) is 3.34. The second kappa shape index (κ2) is 5.16. The van der Waals surface area contributed by atoms with E-state index in [4.69, 9.17) is 15.3 Å². The number of aliphatic hydroxyl groups is 1. The van der Waals surface area contributed by atoms with Crippen LogP contribution in [0.15, 0.2) is 34.9 Å². The van der Waals surface area contributed by atoms with Crippen LogP contribution in [0.3, 0.4) is 0 Å². The zero-order valence-electron chi connectivity index (χ0n) is 8.22. The molecule has 0 fully saturated rings. The van der Waals surface area contributed by atoms with Crippen molar-refractivity contribution in [2.45, 2.75) is 12.5 Å². The summed E-state index contributed by atoms with van der Waals surface area (Å²) < 4.78 is 5.22. The van der Waals surface area contributed by atoms with Gasteiger partial charge in [0.05, 0.1) is 6.26 Å². The quantitative estimate of drug-likeness (QED) is 0.846. The van der Waals surface area contributed by atoms with Crippen molar-refractivity contribution < 1.29 is 9.52 Å². The van der Waals surface area contributed by atoms with E-state index >= 15 is 0 Å². The summed E-state index contributed by atoms with van der Waals surface area (Å²) in [5.41, 5.74) is 7.78. The van der Waals surface area contributed by atoms with Gasteiger partial charge < -0.3 is 15.3 Å². The minimum atomic E-state index is -0.0979. The summed E-state index contributed by atoms with van der Waals surface area (Å²) in [6.07, 6.45) is 2.25. The smallest absolute Gasteiger partial charge is 0.133 e. The van der Waals surface area contributed by atoms with E-state index in [9.17, 15) is 0 Å². The maximum Gasteiger partial charge on any atom is 0.133 e. The van der Waals surface area contributed by atoms with Crippen LogP contribution in [0.2, 0.25) is 0 Å². The Morgan fingerprint density at radius 2 is 2.13 bits per heavy atom. The van der Waals surface area contributed by atoms with E-state index in [1.807, 2.05) is 24.3 Å². The van der Waals surface area contributed by atoms with Crippen molar-refractivity contribution in [1.29, 1.82) is 0 Å². The summed E-state index contributed by atoms with van der Waals surface area (Å²) in [6, 6.07) is 7.65. The standard InChI is InChI=1S/C11H13NO2.ClH/c12-10(3-5-13)8-1-2-11-9(7-8)4-6-14-11;/h1-2,4,6-7,10,13H,3,5,12H2;1H.